The van der Waals surface area contributed by atoms with Gasteiger partial charge in [-0.2, -0.15) is 0 Å². The van der Waals surface area contributed by atoms with Crippen LogP contribution >= 0.6 is 15.9 Å². The Kier molecular flexibility index (Phi) is 5.80. The van der Waals surface area contributed by atoms with Crippen LogP contribution in [-0.4, -0.2) is 60.9 Å². The van der Waals surface area contributed by atoms with Crippen LogP contribution in [0.5, 0.6) is 0 Å². The predicted octanol–water partition coefficient (Wildman–Crippen LogP) is 1.98. The van der Waals surface area contributed by atoms with Crippen molar-refractivity contribution in [2.24, 2.45) is 5.41 Å². The molecule has 2 aliphatic carbocycles. The molecule has 9 nitrogen and oxygen atoms in total. The number of carbonyl (C=O) groups is 1. The van der Waals surface area contributed by atoms with Gasteiger partial charge in [-0.1, -0.05) is 27.9 Å². The van der Waals surface area contributed by atoms with E-state index in [1.165, 1.54) is 7.05 Å². The van der Waals surface area contributed by atoms with Gasteiger partial charge in [0.1, 0.15) is 6.10 Å². The lowest BCUT2D eigenvalue weighted by molar-refractivity contribution is -0.136. The predicted molar refractivity (Wildman–Crippen MR) is 130 cm³/mol. The lowest BCUT2D eigenvalue weighted by atomic mass is 9.85. The normalized spacial score (nSPS) is 26.2. The molecule has 2 saturated carbocycles. The molecule has 0 radical (unpaired) electrons. The lowest BCUT2D eigenvalue weighted by Gasteiger charge is -2.26. The van der Waals surface area contributed by atoms with E-state index >= 15 is 0 Å². The Morgan fingerprint density at radius 3 is 2.76 bits per heavy atom. The van der Waals surface area contributed by atoms with Crippen molar-refractivity contribution in [1.29, 1.82) is 0 Å². The first-order chi connectivity index (χ1) is 16.3. The van der Waals surface area contributed by atoms with E-state index in [-0.39, 0.29) is 12.3 Å². The summed E-state index contributed by atoms with van der Waals surface area (Å²) in [4.78, 5) is 26.3. The third-order valence-electron chi connectivity index (χ3n) is 6.59. The smallest absolute Gasteiger partial charge is 0.228 e. The minimum Gasteiger partial charge on any atom is -0.389 e. The maximum atomic E-state index is 12.5. The van der Waals surface area contributed by atoms with E-state index in [0.29, 0.717) is 28.8 Å². The third kappa shape index (κ3) is 4.04. The summed E-state index contributed by atoms with van der Waals surface area (Å²) in [7, 11) is 1.52. The maximum Gasteiger partial charge on any atom is 0.228 e. The molecule has 2 aromatic heterocycles. The number of rotatable bonds is 4. The average molecular weight is 525 g/mol. The van der Waals surface area contributed by atoms with Gasteiger partial charge in [0.25, 0.3) is 0 Å². The molecule has 5 rings (SSSR count). The molecule has 2 fully saturated rings. The number of anilines is 1. The second-order valence-electron chi connectivity index (χ2n) is 9.10. The molecule has 0 saturated heterocycles. The number of aliphatic hydroxyl groups is 2. The summed E-state index contributed by atoms with van der Waals surface area (Å²) in [5, 5.41) is 27.6. The standard InChI is InChI=1S/C24H25BrN6O3/c1-24(23(34)26-2)11-16(19(32)20(24)33)31-12-27-18-21(28-15-7-8-15)29-17(30-22(18)31)9-6-13-4-3-5-14(25)10-13/h3-5,10,12,15-16,19-20,32-33H,7-8,11H2,1-2H3,(H,26,34)(H,28,29,30)/t16-,19+,20+,24?/m1/s1. The molecule has 3 aromatic rings. The van der Waals surface area contributed by atoms with Crippen LogP contribution in [0.25, 0.3) is 11.2 Å². The summed E-state index contributed by atoms with van der Waals surface area (Å²) in [6.45, 7) is 1.66. The molecule has 4 atom stereocenters. The molecule has 176 valence electrons. The van der Waals surface area contributed by atoms with Crippen molar-refractivity contribution >= 4 is 38.8 Å². The highest BCUT2D eigenvalue weighted by atomic mass is 79.9. The van der Waals surface area contributed by atoms with E-state index in [2.05, 4.69) is 53.4 Å². The van der Waals surface area contributed by atoms with Gasteiger partial charge in [0.15, 0.2) is 17.0 Å². The first-order valence-corrected chi connectivity index (χ1v) is 12.0. The summed E-state index contributed by atoms with van der Waals surface area (Å²) < 4.78 is 2.65. The molecule has 10 heteroatoms. The topological polar surface area (TPSA) is 125 Å². The fourth-order valence-corrected chi connectivity index (χ4v) is 4.87. The molecular weight excluding hydrogens is 500 g/mol. The number of benzene rings is 1. The number of halogens is 1. The largest absolute Gasteiger partial charge is 0.389 e. The summed E-state index contributed by atoms with van der Waals surface area (Å²) in [5.74, 6) is 6.71. The van der Waals surface area contributed by atoms with Crippen LogP contribution in [0.15, 0.2) is 35.1 Å². The van der Waals surface area contributed by atoms with Crippen molar-refractivity contribution in [1.82, 2.24) is 24.8 Å². The van der Waals surface area contributed by atoms with Crippen molar-refractivity contribution in [3.63, 3.8) is 0 Å². The minimum absolute atomic E-state index is 0.231. The highest BCUT2D eigenvalue weighted by molar-refractivity contribution is 9.10. The van der Waals surface area contributed by atoms with Crippen LogP contribution in [-0.2, 0) is 4.79 Å². The van der Waals surface area contributed by atoms with Gasteiger partial charge >= 0.3 is 0 Å². The van der Waals surface area contributed by atoms with Crippen LogP contribution in [0.3, 0.4) is 0 Å². The molecule has 1 aromatic carbocycles. The Labute approximate surface area is 205 Å². The minimum atomic E-state index is -1.23. The van der Waals surface area contributed by atoms with Gasteiger partial charge in [-0.25, -0.2) is 15.0 Å². The number of nitrogens with zero attached hydrogens (tertiary/aromatic N) is 4. The van der Waals surface area contributed by atoms with E-state index < -0.39 is 23.7 Å². The fraction of sp³-hybridized carbons (Fsp3) is 0.417. The second kappa shape index (κ2) is 8.65. The first-order valence-electron chi connectivity index (χ1n) is 11.2. The Morgan fingerprint density at radius 2 is 2.06 bits per heavy atom. The molecular formula is C24H25BrN6O3. The number of nitrogens with one attached hydrogen (secondary N) is 2. The molecule has 0 aliphatic heterocycles. The zero-order chi connectivity index (χ0) is 24.0. The van der Waals surface area contributed by atoms with Crippen LogP contribution < -0.4 is 10.6 Å². The SMILES string of the molecule is CNC(=O)C1(C)C[C@@H](n2cnc3c(NC4CC4)nc(C#Cc4cccc(Br)c4)nc32)[C@H](O)[C@@H]1O. The monoisotopic (exact) mass is 524 g/mol. The van der Waals surface area contributed by atoms with Gasteiger partial charge in [0.2, 0.25) is 11.7 Å². The number of aliphatic hydroxyl groups excluding tert-OH is 2. The summed E-state index contributed by atoms with van der Waals surface area (Å²) in [6.07, 6.45) is 1.54. The number of aromatic nitrogens is 4. The van der Waals surface area contributed by atoms with E-state index in [9.17, 15) is 15.0 Å². The number of imidazole rings is 1. The Bertz CT molecular complexity index is 1330. The van der Waals surface area contributed by atoms with E-state index in [4.69, 9.17) is 0 Å². The number of hydrogen-bond donors (Lipinski definition) is 4. The molecule has 2 heterocycles. The van der Waals surface area contributed by atoms with Crippen LogP contribution in [0, 0.1) is 17.3 Å². The molecule has 4 N–H and O–H groups in total. The van der Waals surface area contributed by atoms with Gasteiger partial charge in [-0.15, -0.1) is 0 Å². The first kappa shape index (κ1) is 22.8. The Morgan fingerprint density at radius 1 is 1.26 bits per heavy atom. The van der Waals surface area contributed by atoms with E-state index in [1.54, 1.807) is 17.8 Å². The zero-order valence-corrected chi connectivity index (χ0v) is 20.4. The molecule has 0 bridgehead atoms. The lowest BCUT2D eigenvalue weighted by Crippen LogP contribution is -2.45. The van der Waals surface area contributed by atoms with E-state index in [0.717, 1.165) is 22.9 Å². The van der Waals surface area contributed by atoms with Gasteiger partial charge in [0.05, 0.1) is 23.9 Å². The van der Waals surface area contributed by atoms with Crippen LogP contribution in [0.4, 0.5) is 5.82 Å². The van der Waals surface area contributed by atoms with Crippen molar-refractivity contribution in [2.75, 3.05) is 12.4 Å². The van der Waals surface area contributed by atoms with Crippen molar-refractivity contribution in [2.45, 2.75) is 50.5 Å². The quantitative estimate of drug-likeness (QED) is 0.384. The average Bonchev–Trinajstić information content (AvgIpc) is 3.49. The highest BCUT2D eigenvalue weighted by Gasteiger charge is 2.54. The second-order valence-corrected chi connectivity index (χ2v) is 10.0. The number of amides is 1. The molecule has 0 spiro atoms. The van der Waals surface area contributed by atoms with Gasteiger partial charge in [0, 0.05) is 23.1 Å². The van der Waals surface area contributed by atoms with Crippen LogP contribution in [0.2, 0.25) is 0 Å². The number of carbonyl (C=O) groups excluding carboxylic acids is 1. The molecule has 2 aliphatic rings. The fourth-order valence-electron chi connectivity index (χ4n) is 4.47. The number of hydrogen-bond acceptors (Lipinski definition) is 7. The summed E-state index contributed by atoms with van der Waals surface area (Å²) >= 11 is 3.45. The van der Waals surface area contributed by atoms with Crippen molar-refractivity contribution in [3.05, 3.63) is 46.5 Å². The number of fused-ring (bicyclic) bond motifs is 1. The Hall–Kier alpha value is -3.00. The van der Waals surface area contributed by atoms with Crippen LogP contribution in [0.1, 0.15) is 43.6 Å². The molecule has 1 amide bonds. The highest BCUT2D eigenvalue weighted by Crippen LogP contribution is 2.45. The van der Waals surface area contributed by atoms with Gasteiger partial charge < -0.3 is 25.4 Å². The summed E-state index contributed by atoms with van der Waals surface area (Å²) in [6, 6.07) is 7.40. The molecule has 1 unspecified atom stereocenters. The third-order valence-corrected chi connectivity index (χ3v) is 7.08. The zero-order valence-electron chi connectivity index (χ0n) is 18.8. The maximum absolute atomic E-state index is 12.5. The molecule has 34 heavy (non-hydrogen) atoms. The van der Waals surface area contributed by atoms with Gasteiger partial charge in [-0.05, 0) is 50.3 Å². The van der Waals surface area contributed by atoms with Gasteiger partial charge in [-0.3, -0.25) is 4.79 Å². The van der Waals surface area contributed by atoms with E-state index in [1.807, 2.05) is 24.3 Å². The Balaban J connectivity index is 1.57. The summed E-state index contributed by atoms with van der Waals surface area (Å²) in [5.41, 5.74) is 0.740. The van der Waals surface area contributed by atoms with Crippen molar-refractivity contribution < 1.29 is 15.0 Å². The van der Waals surface area contributed by atoms with Crippen molar-refractivity contribution in [3.8, 4) is 11.8 Å².